The molecule has 0 aliphatic carbocycles. The fraction of sp³-hybridized carbons (Fsp3) is 0.235. The fourth-order valence-electron chi connectivity index (χ4n) is 3.08. The van der Waals surface area contributed by atoms with Gasteiger partial charge in [-0.1, -0.05) is 45.3 Å². The van der Waals surface area contributed by atoms with Gasteiger partial charge >= 0.3 is 0 Å². The molecule has 0 unspecified atom stereocenters. The first-order valence-corrected chi connectivity index (χ1v) is 8.48. The average molecular weight is 386 g/mol. The van der Waals surface area contributed by atoms with Crippen LogP contribution in [0.1, 0.15) is 29.6 Å². The Hall–Kier alpha value is -2.41. The van der Waals surface area contributed by atoms with Gasteiger partial charge in [-0.25, -0.2) is 4.68 Å². The Morgan fingerprint density at radius 2 is 2.00 bits per heavy atom. The number of benzene rings is 2. The normalized spacial score (nSPS) is 19.4. The van der Waals surface area contributed by atoms with E-state index in [1.165, 1.54) is 5.56 Å². The van der Waals surface area contributed by atoms with Crippen LogP contribution in [0.4, 0.5) is 5.95 Å². The van der Waals surface area contributed by atoms with Gasteiger partial charge in [-0.3, -0.25) is 0 Å². The molecule has 1 aromatic heterocycles. The molecule has 3 aromatic rings. The topological polar surface area (TPSA) is 64.9 Å². The molecule has 2 aromatic carbocycles. The zero-order valence-electron chi connectivity index (χ0n) is 13.1. The van der Waals surface area contributed by atoms with Crippen molar-refractivity contribution in [3.05, 3.63) is 64.1 Å². The van der Waals surface area contributed by atoms with E-state index in [9.17, 15) is 0 Å². The molecule has 0 fully saturated rings. The first-order chi connectivity index (χ1) is 11.7. The Labute approximate surface area is 148 Å². The molecule has 1 aliphatic heterocycles. The third kappa shape index (κ3) is 2.75. The first-order valence-electron chi connectivity index (χ1n) is 7.68. The Kier molecular flexibility index (Phi) is 3.93. The second kappa shape index (κ2) is 6.24. The number of ether oxygens (including phenoxy) is 1. The minimum atomic E-state index is 0.0556. The van der Waals surface area contributed by atoms with E-state index in [1.54, 1.807) is 7.11 Å². The zero-order valence-corrected chi connectivity index (χ0v) is 14.6. The third-order valence-electron chi connectivity index (χ3n) is 4.30. The van der Waals surface area contributed by atoms with Crippen molar-refractivity contribution in [1.82, 2.24) is 20.2 Å². The predicted molar refractivity (Wildman–Crippen MR) is 94.1 cm³/mol. The molecule has 0 spiro atoms. The van der Waals surface area contributed by atoms with Crippen LogP contribution < -0.4 is 10.1 Å². The number of aromatic nitrogens is 4. The lowest BCUT2D eigenvalue weighted by Gasteiger charge is -2.31. The van der Waals surface area contributed by atoms with E-state index in [2.05, 4.69) is 67.1 Å². The summed E-state index contributed by atoms with van der Waals surface area (Å²) < 4.78 is 8.26. The second-order valence-corrected chi connectivity index (χ2v) is 6.64. The van der Waals surface area contributed by atoms with Crippen molar-refractivity contribution >= 4 is 21.9 Å². The van der Waals surface area contributed by atoms with Gasteiger partial charge in [-0.15, -0.1) is 0 Å². The molecule has 122 valence electrons. The number of anilines is 1. The number of nitrogens with one attached hydrogen (secondary N) is 1. The molecular weight excluding hydrogens is 370 g/mol. The van der Waals surface area contributed by atoms with Crippen LogP contribution in [-0.2, 0) is 0 Å². The molecule has 4 rings (SSSR count). The summed E-state index contributed by atoms with van der Waals surface area (Å²) in [5.41, 5.74) is 2.34. The van der Waals surface area contributed by atoms with Gasteiger partial charge in [0.25, 0.3) is 0 Å². The van der Waals surface area contributed by atoms with E-state index in [4.69, 9.17) is 4.74 Å². The molecule has 1 aliphatic rings. The number of tetrazole rings is 1. The summed E-state index contributed by atoms with van der Waals surface area (Å²) >= 11 is 3.48. The Morgan fingerprint density at radius 1 is 1.17 bits per heavy atom. The number of hydrogen-bond donors (Lipinski definition) is 1. The van der Waals surface area contributed by atoms with Crippen LogP contribution >= 0.6 is 15.9 Å². The van der Waals surface area contributed by atoms with Crippen LogP contribution in [0.15, 0.2) is 53.0 Å². The highest BCUT2D eigenvalue weighted by Gasteiger charge is 2.30. The predicted octanol–water partition coefficient (Wildman–Crippen LogP) is 3.59. The molecule has 24 heavy (non-hydrogen) atoms. The van der Waals surface area contributed by atoms with Crippen LogP contribution in [0.5, 0.6) is 5.75 Å². The van der Waals surface area contributed by atoms with E-state index in [0.29, 0.717) is 5.95 Å². The van der Waals surface area contributed by atoms with Crippen molar-refractivity contribution in [3.8, 4) is 5.75 Å². The van der Waals surface area contributed by atoms with E-state index in [-0.39, 0.29) is 12.1 Å². The lowest BCUT2D eigenvalue weighted by molar-refractivity contribution is 0.404. The highest BCUT2D eigenvalue weighted by Crippen LogP contribution is 2.37. The molecule has 6 nitrogen and oxygen atoms in total. The molecule has 0 amide bonds. The Bertz CT molecular complexity index is 848. The molecule has 2 atom stereocenters. The third-order valence-corrected chi connectivity index (χ3v) is 4.83. The number of hydrogen-bond acceptors (Lipinski definition) is 5. The smallest absolute Gasteiger partial charge is 0.243 e. The number of nitrogens with zero attached hydrogens (tertiary/aromatic N) is 4. The second-order valence-electron chi connectivity index (χ2n) is 5.72. The van der Waals surface area contributed by atoms with Crippen LogP contribution in [0.3, 0.4) is 0 Å². The van der Waals surface area contributed by atoms with Crippen molar-refractivity contribution in [3.63, 3.8) is 0 Å². The van der Waals surface area contributed by atoms with Crippen molar-refractivity contribution in [2.75, 3.05) is 12.4 Å². The van der Waals surface area contributed by atoms with Crippen LogP contribution in [0.2, 0.25) is 0 Å². The SMILES string of the molecule is COc1cccc([C@H]2C[C@@H](c3ccc(Br)cc3)Nc3nnnn32)c1. The first kappa shape index (κ1) is 15.1. The zero-order chi connectivity index (χ0) is 16.5. The summed E-state index contributed by atoms with van der Waals surface area (Å²) in [5.74, 6) is 1.52. The summed E-state index contributed by atoms with van der Waals surface area (Å²) in [4.78, 5) is 0. The van der Waals surface area contributed by atoms with Crippen LogP contribution in [0.25, 0.3) is 0 Å². The van der Waals surface area contributed by atoms with E-state index >= 15 is 0 Å². The van der Waals surface area contributed by atoms with Gasteiger partial charge in [0.15, 0.2) is 0 Å². The van der Waals surface area contributed by atoms with Gasteiger partial charge in [-0.05, 0) is 52.2 Å². The fourth-order valence-corrected chi connectivity index (χ4v) is 3.34. The van der Waals surface area contributed by atoms with Crippen molar-refractivity contribution in [2.45, 2.75) is 18.5 Å². The summed E-state index contributed by atoms with van der Waals surface area (Å²) in [7, 11) is 1.68. The minimum Gasteiger partial charge on any atom is -0.497 e. The minimum absolute atomic E-state index is 0.0556. The maximum Gasteiger partial charge on any atom is 0.243 e. The van der Waals surface area contributed by atoms with Crippen molar-refractivity contribution in [2.24, 2.45) is 0 Å². The largest absolute Gasteiger partial charge is 0.497 e. The molecule has 0 radical (unpaired) electrons. The maximum atomic E-state index is 5.36. The number of halogens is 1. The molecule has 2 heterocycles. The molecule has 0 bridgehead atoms. The molecule has 7 heteroatoms. The van der Waals surface area contributed by atoms with Gasteiger partial charge in [0.1, 0.15) is 5.75 Å². The average Bonchev–Trinajstić information content (AvgIpc) is 3.10. The number of rotatable bonds is 3. The molecule has 0 saturated carbocycles. The maximum absolute atomic E-state index is 5.36. The highest BCUT2D eigenvalue weighted by atomic mass is 79.9. The van der Waals surface area contributed by atoms with E-state index in [0.717, 1.165) is 22.2 Å². The van der Waals surface area contributed by atoms with Crippen molar-refractivity contribution < 1.29 is 4.74 Å². The number of fused-ring (bicyclic) bond motifs is 1. The lowest BCUT2D eigenvalue weighted by atomic mass is 9.93. The standard InChI is InChI=1S/C17H16BrN5O/c1-24-14-4-2-3-12(9-14)16-10-15(11-5-7-13(18)8-6-11)19-17-20-21-22-23(16)17/h2-9,15-16H,10H2,1H3,(H,19,20,22)/t15-,16+/m0/s1. The molecule has 0 saturated heterocycles. The summed E-state index contributed by atoms with van der Waals surface area (Å²) in [6, 6.07) is 16.6. The Balaban J connectivity index is 1.72. The van der Waals surface area contributed by atoms with Gasteiger partial charge in [0, 0.05) is 4.47 Å². The summed E-state index contributed by atoms with van der Waals surface area (Å²) in [6.45, 7) is 0. The van der Waals surface area contributed by atoms with Gasteiger partial charge in [0.05, 0.1) is 19.2 Å². The Morgan fingerprint density at radius 3 is 2.79 bits per heavy atom. The van der Waals surface area contributed by atoms with E-state index < -0.39 is 0 Å². The quantitative estimate of drug-likeness (QED) is 0.745. The summed E-state index contributed by atoms with van der Waals surface area (Å²) in [6.07, 6.45) is 0.854. The van der Waals surface area contributed by atoms with E-state index in [1.807, 2.05) is 22.9 Å². The highest BCUT2D eigenvalue weighted by molar-refractivity contribution is 9.10. The monoisotopic (exact) mass is 385 g/mol. The van der Waals surface area contributed by atoms with Crippen LogP contribution in [-0.4, -0.2) is 27.3 Å². The van der Waals surface area contributed by atoms with Gasteiger partial charge in [0.2, 0.25) is 5.95 Å². The van der Waals surface area contributed by atoms with Gasteiger partial charge < -0.3 is 10.1 Å². The van der Waals surface area contributed by atoms with Gasteiger partial charge in [-0.2, -0.15) is 0 Å². The molecular formula is C17H16BrN5O. The van der Waals surface area contributed by atoms with Crippen LogP contribution in [0, 0.1) is 0 Å². The lowest BCUT2D eigenvalue weighted by Crippen LogP contribution is -2.28. The summed E-state index contributed by atoms with van der Waals surface area (Å²) in [5, 5.41) is 15.5. The number of methoxy groups -OCH3 is 1. The molecule has 1 N–H and O–H groups in total. The van der Waals surface area contributed by atoms with Crippen molar-refractivity contribution in [1.29, 1.82) is 0 Å².